The molecular formula is C11H20N2O5. The molecule has 1 heterocycles. The molecule has 3 atom stereocenters. The number of methoxy groups -OCH3 is 1. The van der Waals surface area contributed by atoms with Crippen molar-refractivity contribution in [2.24, 2.45) is 0 Å². The van der Waals surface area contributed by atoms with Crippen molar-refractivity contribution in [3.05, 3.63) is 0 Å². The number of likely N-dealkylation sites (N-methyl/N-ethyl adjacent to an activating group) is 1. The average molecular weight is 260 g/mol. The summed E-state index contributed by atoms with van der Waals surface area (Å²) in [7, 11) is 3.13. The van der Waals surface area contributed by atoms with Crippen LogP contribution < -0.4 is 0 Å². The van der Waals surface area contributed by atoms with Crippen LogP contribution in [-0.4, -0.2) is 77.5 Å². The second-order valence-electron chi connectivity index (χ2n) is 4.59. The third-order valence-corrected chi connectivity index (χ3v) is 3.18. The summed E-state index contributed by atoms with van der Waals surface area (Å²) in [5.74, 6) is -1.09. The minimum atomic E-state index is -1.09. The average Bonchev–Trinajstić information content (AvgIpc) is 2.69. The SMILES string of the molecule is COCC(C)N(C)C(=O)N1CC(O)CC1C(=O)O. The van der Waals surface area contributed by atoms with E-state index in [-0.39, 0.29) is 19.0 Å². The minimum absolute atomic E-state index is 0.0554. The van der Waals surface area contributed by atoms with Crippen LogP contribution in [0.25, 0.3) is 0 Å². The maximum absolute atomic E-state index is 12.1. The fourth-order valence-electron chi connectivity index (χ4n) is 2.00. The predicted molar refractivity (Wildman–Crippen MR) is 63.3 cm³/mol. The number of hydrogen-bond donors (Lipinski definition) is 2. The number of aliphatic hydroxyl groups excluding tert-OH is 1. The zero-order valence-corrected chi connectivity index (χ0v) is 10.9. The van der Waals surface area contributed by atoms with Gasteiger partial charge >= 0.3 is 12.0 Å². The minimum Gasteiger partial charge on any atom is -0.480 e. The molecule has 0 aromatic carbocycles. The van der Waals surface area contributed by atoms with E-state index in [0.717, 1.165) is 0 Å². The van der Waals surface area contributed by atoms with E-state index in [1.165, 1.54) is 16.9 Å². The molecule has 3 unspecified atom stereocenters. The molecule has 1 fully saturated rings. The first-order valence-corrected chi connectivity index (χ1v) is 5.81. The van der Waals surface area contributed by atoms with Crippen molar-refractivity contribution < 1.29 is 24.5 Å². The maximum atomic E-state index is 12.1. The summed E-state index contributed by atoms with van der Waals surface area (Å²) < 4.78 is 4.95. The maximum Gasteiger partial charge on any atom is 0.326 e. The second kappa shape index (κ2) is 6.01. The Morgan fingerprint density at radius 1 is 1.56 bits per heavy atom. The lowest BCUT2D eigenvalue weighted by Crippen LogP contribution is -2.50. The topological polar surface area (TPSA) is 90.3 Å². The molecule has 7 heteroatoms. The van der Waals surface area contributed by atoms with E-state index >= 15 is 0 Å². The number of aliphatic hydroxyl groups is 1. The van der Waals surface area contributed by atoms with Gasteiger partial charge in [-0.3, -0.25) is 0 Å². The third-order valence-electron chi connectivity index (χ3n) is 3.18. The fraction of sp³-hybridized carbons (Fsp3) is 0.818. The summed E-state index contributed by atoms with van der Waals surface area (Å²) in [5, 5.41) is 18.5. The van der Waals surface area contributed by atoms with Gasteiger partial charge in [-0.15, -0.1) is 0 Å². The molecule has 0 aliphatic carbocycles. The molecular weight excluding hydrogens is 240 g/mol. The van der Waals surface area contributed by atoms with Gasteiger partial charge in [-0.1, -0.05) is 0 Å². The number of urea groups is 1. The van der Waals surface area contributed by atoms with Gasteiger partial charge in [-0.25, -0.2) is 9.59 Å². The van der Waals surface area contributed by atoms with Gasteiger partial charge in [0.2, 0.25) is 0 Å². The highest BCUT2D eigenvalue weighted by atomic mass is 16.5. The zero-order valence-electron chi connectivity index (χ0n) is 10.9. The molecule has 1 saturated heterocycles. The number of likely N-dealkylation sites (tertiary alicyclic amines) is 1. The Bertz CT molecular complexity index is 323. The summed E-state index contributed by atoms with van der Waals surface area (Å²) in [6.07, 6.45) is -0.700. The van der Waals surface area contributed by atoms with Gasteiger partial charge in [-0.05, 0) is 6.92 Å². The van der Waals surface area contributed by atoms with Crippen molar-refractivity contribution in [1.29, 1.82) is 0 Å². The first-order valence-electron chi connectivity index (χ1n) is 5.81. The van der Waals surface area contributed by atoms with Crippen LogP contribution in [0.4, 0.5) is 4.79 Å². The van der Waals surface area contributed by atoms with Crippen LogP contribution in [0, 0.1) is 0 Å². The number of ether oxygens (including phenoxy) is 1. The fourth-order valence-corrected chi connectivity index (χ4v) is 2.00. The number of hydrogen-bond acceptors (Lipinski definition) is 4. The van der Waals surface area contributed by atoms with Crippen LogP contribution in [0.5, 0.6) is 0 Å². The van der Waals surface area contributed by atoms with Gasteiger partial charge in [0, 0.05) is 27.1 Å². The predicted octanol–water partition coefficient (Wildman–Crippen LogP) is -0.407. The highest BCUT2D eigenvalue weighted by molar-refractivity contribution is 5.83. The van der Waals surface area contributed by atoms with Gasteiger partial charge < -0.3 is 24.7 Å². The number of carboxylic acid groups (broad SMARTS) is 1. The summed E-state index contributed by atoms with van der Waals surface area (Å²) in [6.45, 7) is 2.24. The van der Waals surface area contributed by atoms with E-state index < -0.39 is 24.1 Å². The first-order chi connectivity index (χ1) is 8.38. The molecule has 0 spiro atoms. The van der Waals surface area contributed by atoms with Crippen molar-refractivity contribution in [1.82, 2.24) is 9.80 Å². The summed E-state index contributed by atoms with van der Waals surface area (Å²) in [6, 6.07) is -1.51. The molecule has 0 aromatic heterocycles. The molecule has 2 N–H and O–H groups in total. The first kappa shape index (κ1) is 14.7. The second-order valence-corrected chi connectivity index (χ2v) is 4.59. The smallest absolute Gasteiger partial charge is 0.326 e. The lowest BCUT2D eigenvalue weighted by Gasteiger charge is -2.31. The number of carbonyl (C=O) groups is 2. The number of β-amino-alcohol motifs (C(OH)–C–C–N with tert-alkyl or cyclic N) is 1. The number of carboxylic acids is 1. The Balaban J connectivity index is 2.73. The van der Waals surface area contributed by atoms with Crippen molar-refractivity contribution in [2.75, 3.05) is 27.3 Å². The molecule has 18 heavy (non-hydrogen) atoms. The molecule has 0 bridgehead atoms. The molecule has 1 aliphatic heterocycles. The zero-order chi connectivity index (χ0) is 13.9. The van der Waals surface area contributed by atoms with Crippen LogP contribution >= 0.6 is 0 Å². The number of rotatable bonds is 4. The van der Waals surface area contributed by atoms with Crippen molar-refractivity contribution in [3.8, 4) is 0 Å². The molecule has 0 radical (unpaired) electrons. The van der Waals surface area contributed by atoms with E-state index in [2.05, 4.69) is 0 Å². The van der Waals surface area contributed by atoms with E-state index in [0.29, 0.717) is 6.61 Å². The van der Waals surface area contributed by atoms with Gasteiger partial charge in [0.05, 0.1) is 18.8 Å². The van der Waals surface area contributed by atoms with Gasteiger partial charge in [-0.2, -0.15) is 0 Å². The Morgan fingerprint density at radius 3 is 2.67 bits per heavy atom. The molecule has 104 valence electrons. The Labute approximate surface area is 106 Å². The van der Waals surface area contributed by atoms with Crippen molar-refractivity contribution in [3.63, 3.8) is 0 Å². The number of carbonyl (C=O) groups excluding carboxylic acids is 1. The highest BCUT2D eigenvalue weighted by Crippen LogP contribution is 2.20. The lowest BCUT2D eigenvalue weighted by molar-refractivity contribution is -0.141. The Hall–Kier alpha value is -1.34. The largest absolute Gasteiger partial charge is 0.480 e. The highest BCUT2D eigenvalue weighted by Gasteiger charge is 2.40. The summed E-state index contributed by atoms with van der Waals surface area (Å²) in [4.78, 5) is 25.8. The Kier molecular flexibility index (Phi) is 4.92. The van der Waals surface area contributed by atoms with Crippen LogP contribution in [0.3, 0.4) is 0 Å². The summed E-state index contributed by atoms with van der Waals surface area (Å²) >= 11 is 0. The van der Waals surface area contributed by atoms with Crippen molar-refractivity contribution in [2.45, 2.75) is 31.5 Å². The number of aliphatic carboxylic acids is 1. The molecule has 7 nitrogen and oxygen atoms in total. The van der Waals surface area contributed by atoms with Crippen LogP contribution in [0.1, 0.15) is 13.3 Å². The van der Waals surface area contributed by atoms with Crippen LogP contribution in [0.2, 0.25) is 0 Å². The normalized spacial score (nSPS) is 25.0. The summed E-state index contributed by atoms with van der Waals surface area (Å²) in [5.41, 5.74) is 0. The lowest BCUT2D eigenvalue weighted by atomic mass is 10.2. The van der Waals surface area contributed by atoms with Crippen LogP contribution in [-0.2, 0) is 9.53 Å². The van der Waals surface area contributed by atoms with Gasteiger partial charge in [0.15, 0.2) is 0 Å². The third kappa shape index (κ3) is 3.11. The molecule has 2 amide bonds. The van der Waals surface area contributed by atoms with Gasteiger partial charge in [0.25, 0.3) is 0 Å². The number of amides is 2. The van der Waals surface area contributed by atoms with Crippen molar-refractivity contribution >= 4 is 12.0 Å². The van der Waals surface area contributed by atoms with E-state index in [1.54, 1.807) is 7.05 Å². The number of nitrogens with zero attached hydrogens (tertiary/aromatic N) is 2. The standard InChI is InChI=1S/C11H20N2O5/c1-7(6-18-3)12(2)11(17)13-5-8(14)4-9(13)10(15)16/h7-9,14H,4-6H2,1-3H3,(H,15,16). The molecule has 0 aromatic rings. The molecule has 1 rings (SSSR count). The quantitative estimate of drug-likeness (QED) is 0.717. The van der Waals surface area contributed by atoms with Gasteiger partial charge in [0.1, 0.15) is 6.04 Å². The van der Waals surface area contributed by atoms with Crippen LogP contribution in [0.15, 0.2) is 0 Å². The van der Waals surface area contributed by atoms with E-state index in [1.807, 2.05) is 6.92 Å². The molecule has 0 saturated carbocycles. The van der Waals surface area contributed by atoms with E-state index in [4.69, 9.17) is 9.84 Å². The molecule has 1 aliphatic rings. The Morgan fingerprint density at radius 2 is 2.17 bits per heavy atom. The van der Waals surface area contributed by atoms with E-state index in [9.17, 15) is 14.7 Å². The monoisotopic (exact) mass is 260 g/mol.